The molecule has 28 heavy (non-hydrogen) atoms. The summed E-state index contributed by atoms with van der Waals surface area (Å²) in [7, 11) is 0. The van der Waals surface area contributed by atoms with Crippen LogP contribution in [0.5, 0.6) is 0 Å². The summed E-state index contributed by atoms with van der Waals surface area (Å²) in [6, 6.07) is 25.6. The number of rotatable bonds is 8. The zero-order valence-electron chi connectivity index (χ0n) is 15.1. The molecular weight excluding hydrogens is 354 g/mol. The number of nitro groups is 1. The van der Waals surface area contributed by atoms with E-state index in [1.165, 1.54) is 12.1 Å². The maximum Gasteiger partial charge on any atom is 0.270 e. The molecule has 140 valence electrons. The molecule has 0 radical (unpaired) electrons. The summed E-state index contributed by atoms with van der Waals surface area (Å²) in [4.78, 5) is 10.4. The Morgan fingerprint density at radius 1 is 1.04 bits per heavy atom. The van der Waals surface area contributed by atoms with Gasteiger partial charge in [-0.1, -0.05) is 60.7 Å². The Morgan fingerprint density at radius 2 is 1.71 bits per heavy atom. The molecule has 3 aromatic rings. The molecule has 3 aromatic carbocycles. The number of nitrogens with one attached hydrogen (secondary N) is 1. The monoisotopic (exact) mass is 373 g/mol. The third-order valence-electron chi connectivity index (χ3n) is 4.26. The van der Waals surface area contributed by atoms with E-state index in [-0.39, 0.29) is 17.3 Å². The van der Waals surface area contributed by atoms with Crippen LogP contribution < -0.4 is 5.32 Å². The Morgan fingerprint density at radius 3 is 2.36 bits per heavy atom. The standard InChI is InChI=1S/C22H19N3O3/c23-14-19-13-20(25(26)27)11-12-21(19)24-22(18-9-5-2-6-10-18)16-28-15-17-7-3-1-4-8-17/h1-13,22,24H,15-16H2/t22-/m1/s1. The Bertz CT molecular complexity index is 969. The maximum atomic E-state index is 11.0. The molecule has 0 saturated carbocycles. The topological polar surface area (TPSA) is 88.2 Å². The molecule has 1 atom stereocenters. The van der Waals surface area contributed by atoms with Gasteiger partial charge >= 0.3 is 0 Å². The lowest BCUT2D eigenvalue weighted by Crippen LogP contribution is -2.18. The summed E-state index contributed by atoms with van der Waals surface area (Å²) in [6.45, 7) is 0.845. The highest BCUT2D eigenvalue weighted by atomic mass is 16.6. The van der Waals surface area contributed by atoms with Crippen LogP contribution in [-0.2, 0) is 11.3 Å². The summed E-state index contributed by atoms with van der Waals surface area (Å²) in [5.41, 5.74) is 2.71. The van der Waals surface area contributed by atoms with Gasteiger partial charge in [0, 0.05) is 12.1 Å². The van der Waals surface area contributed by atoms with Crippen molar-refractivity contribution >= 4 is 11.4 Å². The summed E-state index contributed by atoms with van der Waals surface area (Å²) < 4.78 is 5.89. The smallest absolute Gasteiger partial charge is 0.270 e. The Balaban J connectivity index is 1.78. The highest BCUT2D eigenvalue weighted by Gasteiger charge is 2.16. The maximum absolute atomic E-state index is 11.0. The van der Waals surface area contributed by atoms with Gasteiger partial charge in [0.2, 0.25) is 0 Å². The van der Waals surface area contributed by atoms with Crippen molar-refractivity contribution in [2.45, 2.75) is 12.6 Å². The number of nitro benzene ring substituents is 1. The average Bonchev–Trinajstić information content (AvgIpc) is 2.74. The van der Waals surface area contributed by atoms with E-state index >= 15 is 0 Å². The third kappa shape index (κ3) is 4.93. The number of nitriles is 1. The number of anilines is 1. The second kappa shape index (κ2) is 9.31. The predicted molar refractivity (Wildman–Crippen MR) is 107 cm³/mol. The van der Waals surface area contributed by atoms with E-state index < -0.39 is 4.92 Å². The zero-order chi connectivity index (χ0) is 19.8. The third-order valence-corrected chi connectivity index (χ3v) is 4.26. The van der Waals surface area contributed by atoms with Crippen molar-refractivity contribution in [3.8, 4) is 6.07 Å². The van der Waals surface area contributed by atoms with Crippen molar-refractivity contribution in [3.63, 3.8) is 0 Å². The van der Waals surface area contributed by atoms with E-state index in [1.54, 1.807) is 6.07 Å². The Hall–Kier alpha value is -3.69. The molecule has 0 aliphatic heterocycles. The average molecular weight is 373 g/mol. The van der Waals surface area contributed by atoms with E-state index in [4.69, 9.17) is 4.74 Å². The lowest BCUT2D eigenvalue weighted by atomic mass is 10.1. The van der Waals surface area contributed by atoms with Crippen LogP contribution in [0.15, 0.2) is 78.9 Å². The number of hydrogen-bond donors (Lipinski definition) is 1. The van der Waals surface area contributed by atoms with E-state index in [2.05, 4.69) is 5.32 Å². The molecule has 0 saturated heterocycles. The second-order valence-corrected chi connectivity index (χ2v) is 6.21. The summed E-state index contributed by atoms with van der Waals surface area (Å²) in [5, 5.41) is 23.6. The van der Waals surface area contributed by atoms with Crippen molar-refractivity contribution in [1.29, 1.82) is 5.26 Å². The summed E-state index contributed by atoms with van der Waals surface area (Å²) in [6.07, 6.45) is 0. The molecule has 0 aliphatic carbocycles. The van der Waals surface area contributed by atoms with Gasteiger partial charge in [-0.2, -0.15) is 5.26 Å². The zero-order valence-corrected chi connectivity index (χ0v) is 15.1. The van der Waals surface area contributed by atoms with Gasteiger partial charge in [0.1, 0.15) is 6.07 Å². The van der Waals surface area contributed by atoms with E-state index in [9.17, 15) is 15.4 Å². The lowest BCUT2D eigenvalue weighted by molar-refractivity contribution is -0.384. The van der Waals surface area contributed by atoms with Crippen LogP contribution in [0.3, 0.4) is 0 Å². The molecule has 1 N–H and O–H groups in total. The van der Waals surface area contributed by atoms with Gasteiger partial charge in [-0.15, -0.1) is 0 Å². The van der Waals surface area contributed by atoms with E-state index in [0.717, 1.165) is 11.1 Å². The lowest BCUT2D eigenvalue weighted by Gasteiger charge is -2.21. The van der Waals surface area contributed by atoms with Crippen molar-refractivity contribution in [3.05, 3.63) is 106 Å². The van der Waals surface area contributed by atoms with Crippen molar-refractivity contribution in [2.24, 2.45) is 0 Å². The van der Waals surface area contributed by atoms with Gasteiger partial charge in [-0.25, -0.2) is 0 Å². The van der Waals surface area contributed by atoms with Crippen molar-refractivity contribution in [1.82, 2.24) is 0 Å². The Labute approximate surface area is 163 Å². The SMILES string of the molecule is N#Cc1cc([N+](=O)[O-])ccc1N[C@H](COCc1ccccc1)c1ccccc1. The Kier molecular flexibility index (Phi) is 6.34. The van der Waals surface area contributed by atoms with Crippen molar-refractivity contribution in [2.75, 3.05) is 11.9 Å². The van der Waals surface area contributed by atoms with Gasteiger partial charge in [-0.05, 0) is 17.2 Å². The number of hydrogen-bond acceptors (Lipinski definition) is 5. The first kappa shape index (κ1) is 19.1. The minimum Gasteiger partial charge on any atom is -0.375 e. The quantitative estimate of drug-likeness (QED) is 0.451. The molecule has 6 heteroatoms. The van der Waals surface area contributed by atoms with Gasteiger partial charge < -0.3 is 10.1 Å². The summed E-state index contributed by atoms with van der Waals surface area (Å²) in [5.74, 6) is 0. The molecule has 0 spiro atoms. The minimum absolute atomic E-state index is 0.112. The van der Waals surface area contributed by atoms with Crippen LogP contribution in [0.4, 0.5) is 11.4 Å². The van der Waals surface area contributed by atoms with Gasteiger partial charge in [0.15, 0.2) is 0 Å². The van der Waals surface area contributed by atoms with Gasteiger partial charge in [-0.3, -0.25) is 10.1 Å². The molecule has 0 heterocycles. The first-order chi connectivity index (χ1) is 13.7. The number of ether oxygens (including phenoxy) is 1. The highest BCUT2D eigenvalue weighted by molar-refractivity contribution is 5.62. The number of non-ortho nitro benzene ring substituents is 1. The fourth-order valence-corrected chi connectivity index (χ4v) is 2.83. The van der Waals surface area contributed by atoms with Crippen molar-refractivity contribution < 1.29 is 9.66 Å². The largest absolute Gasteiger partial charge is 0.375 e. The van der Waals surface area contributed by atoms with Crippen LogP contribution in [0, 0.1) is 21.4 Å². The first-order valence-corrected chi connectivity index (χ1v) is 8.79. The molecule has 0 aromatic heterocycles. The summed E-state index contributed by atoms with van der Waals surface area (Å²) >= 11 is 0. The molecule has 0 amide bonds. The van der Waals surface area contributed by atoms with Gasteiger partial charge in [0.25, 0.3) is 5.69 Å². The first-order valence-electron chi connectivity index (χ1n) is 8.79. The van der Waals surface area contributed by atoms with Crippen LogP contribution in [-0.4, -0.2) is 11.5 Å². The van der Waals surface area contributed by atoms with Crippen LogP contribution >= 0.6 is 0 Å². The number of benzene rings is 3. The molecule has 3 rings (SSSR count). The fourth-order valence-electron chi connectivity index (χ4n) is 2.83. The second-order valence-electron chi connectivity index (χ2n) is 6.21. The predicted octanol–water partition coefficient (Wildman–Crippen LogP) is 4.84. The highest BCUT2D eigenvalue weighted by Crippen LogP contribution is 2.26. The molecule has 0 aliphatic rings. The minimum atomic E-state index is -0.512. The van der Waals surface area contributed by atoms with E-state index in [0.29, 0.717) is 18.9 Å². The molecular formula is C22H19N3O3. The van der Waals surface area contributed by atoms with Crippen LogP contribution in [0.2, 0.25) is 0 Å². The molecule has 0 unspecified atom stereocenters. The molecule has 6 nitrogen and oxygen atoms in total. The normalized spacial score (nSPS) is 11.4. The molecule has 0 bridgehead atoms. The fraction of sp³-hybridized carbons (Fsp3) is 0.136. The van der Waals surface area contributed by atoms with Gasteiger partial charge in [0.05, 0.1) is 35.4 Å². The molecule has 0 fully saturated rings. The van der Waals surface area contributed by atoms with Crippen LogP contribution in [0.25, 0.3) is 0 Å². The van der Waals surface area contributed by atoms with Crippen LogP contribution in [0.1, 0.15) is 22.7 Å². The number of nitrogens with zero attached hydrogens (tertiary/aromatic N) is 2. The van der Waals surface area contributed by atoms with E-state index in [1.807, 2.05) is 66.7 Å².